The zero-order chi connectivity index (χ0) is 30.4. The maximum absolute atomic E-state index is 13.6. The lowest BCUT2D eigenvalue weighted by Gasteiger charge is -2.34. The fourth-order valence-electron chi connectivity index (χ4n) is 5.92. The molecule has 5 heterocycles. The van der Waals surface area contributed by atoms with Gasteiger partial charge in [-0.2, -0.15) is 13.2 Å². The highest BCUT2D eigenvalue weighted by Gasteiger charge is 2.50. The van der Waals surface area contributed by atoms with Gasteiger partial charge < -0.3 is 15.1 Å². The van der Waals surface area contributed by atoms with Crippen molar-refractivity contribution in [1.29, 1.82) is 0 Å². The number of amides is 3. The summed E-state index contributed by atoms with van der Waals surface area (Å²) >= 11 is 1.11. The first kappa shape index (κ1) is 30.2. The van der Waals surface area contributed by atoms with E-state index >= 15 is 0 Å². The number of halogens is 3. The molecule has 5 rings (SSSR count). The lowest BCUT2D eigenvalue weighted by molar-refractivity contribution is -0.214. The predicted molar refractivity (Wildman–Crippen MR) is 158 cm³/mol. The van der Waals surface area contributed by atoms with Gasteiger partial charge in [0.05, 0.1) is 11.0 Å². The van der Waals surface area contributed by atoms with Gasteiger partial charge >= 0.3 is 12.2 Å². The molecule has 0 radical (unpaired) electrons. The monoisotopic (exact) mass is 605 g/mol. The van der Waals surface area contributed by atoms with Crippen LogP contribution in [0.4, 0.5) is 35.4 Å². The Morgan fingerprint density at radius 1 is 1.10 bits per heavy atom. The van der Waals surface area contributed by atoms with Gasteiger partial charge in [-0.15, -0.1) is 0 Å². The van der Waals surface area contributed by atoms with Gasteiger partial charge in [0.2, 0.25) is 0 Å². The predicted octanol–water partition coefficient (Wildman–Crippen LogP) is 5.80. The summed E-state index contributed by atoms with van der Waals surface area (Å²) in [6.45, 7) is 10.1. The van der Waals surface area contributed by atoms with Crippen LogP contribution >= 0.6 is 11.9 Å². The van der Waals surface area contributed by atoms with Crippen molar-refractivity contribution in [1.82, 2.24) is 19.6 Å². The van der Waals surface area contributed by atoms with Gasteiger partial charge in [-0.1, -0.05) is 13.0 Å². The molecular weight excluding hydrogens is 567 g/mol. The molecule has 13 heteroatoms. The van der Waals surface area contributed by atoms with Crippen LogP contribution in [0.2, 0.25) is 0 Å². The van der Waals surface area contributed by atoms with E-state index in [9.17, 15) is 22.8 Å². The van der Waals surface area contributed by atoms with Crippen LogP contribution in [0.5, 0.6) is 0 Å². The van der Waals surface area contributed by atoms with Crippen molar-refractivity contribution in [3.8, 4) is 0 Å². The molecule has 2 saturated heterocycles. The number of pyridine rings is 2. The first-order valence-electron chi connectivity index (χ1n) is 14.3. The van der Waals surface area contributed by atoms with Crippen molar-refractivity contribution in [2.45, 2.75) is 64.2 Å². The number of carbonyl (C=O) groups excluding carboxylic acids is 2. The van der Waals surface area contributed by atoms with E-state index in [-0.39, 0.29) is 24.5 Å². The van der Waals surface area contributed by atoms with Gasteiger partial charge in [-0.3, -0.25) is 14.4 Å². The first-order chi connectivity index (χ1) is 19.7. The third kappa shape index (κ3) is 5.97. The Bertz CT molecular complexity index is 1350. The number of carbonyl (C=O) groups is 2. The zero-order valence-corrected chi connectivity index (χ0v) is 25.4. The quantitative estimate of drug-likeness (QED) is 0.427. The highest BCUT2D eigenvalue weighted by molar-refractivity contribution is 7.97. The molecule has 0 saturated carbocycles. The Hall–Kier alpha value is -3.22. The second-order valence-corrected chi connectivity index (χ2v) is 13.6. The number of anilines is 3. The summed E-state index contributed by atoms with van der Waals surface area (Å²) < 4.78 is 43.5. The van der Waals surface area contributed by atoms with Gasteiger partial charge in [-0.25, -0.2) is 14.8 Å². The summed E-state index contributed by atoms with van der Waals surface area (Å²) in [5.41, 5.74) is -2.01. The Morgan fingerprint density at radius 3 is 2.60 bits per heavy atom. The lowest BCUT2D eigenvalue weighted by atomic mass is 9.86. The van der Waals surface area contributed by atoms with E-state index in [1.807, 2.05) is 18.2 Å². The number of nitrogens with one attached hydrogen (secondary N) is 2. The molecule has 228 valence electrons. The van der Waals surface area contributed by atoms with Gasteiger partial charge in [-0.05, 0) is 76.6 Å². The Kier molecular flexibility index (Phi) is 8.01. The van der Waals surface area contributed by atoms with Crippen molar-refractivity contribution in [3.05, 3.63) is 35.9 Å². The van der Waals surface area contributed by atoms with Crippen LogP contribution < -0.4 is 19.8 Å². The summed E-state index contributed by atoms with van der Waals surface area (Å²) in [4.78, 5) is 41.1. The van der Waals surface area contributed by atoms with Gasteiger partial charge in [0, 0.05) is 50.2 Å². The van der Waals surface area contributed by atoms with Gasteiger partial charge in [0.25, 0.3) is 5.91 Å². The molecule has 3 aliphatic rings. The molecule has 2 fully saturated rings. The zero-order valence-electron chi connectivity index (χ0n) is 24.6. The highest BCUT2D eigenvalue weighted by Crippen LogP contribution is 2.42. The molecule has 42 heavy (non-hydrogen) atoms. The molecule has 2 aromatic rings. The van der Waals surface area contributed by atoms with Crippen LogP contribution in [0, 0.1) is 17.3 Å². The van der Waals surface area contributed by atoms with Crippen molar-refractivity contribution < 1.29 is 22.8 Å². The molecule has 0 aromatic carbocycles. The topological polar surface area (TPSA) is 93.7 Å². The van der Waals surface area contributed by atoms with Crippen LogP contribution in [0.3, 0.4) is 0 Å². The molecule has 0 spiro atoms. The average molecular weight is 606 g/mol. The number of hydrogen-bond acceptors (Lipinski definition) is 7. The van der Waals surface area contributed by atoms with E-state index in [4.69, 9.17) is 4.98 Å². The summed E-state index contributed by atoms with van der Waals surface area (Å²) in [5, 5.41) is 4.03. The molecule has 3 amide bonds. The molecule has 9 nitrogen and oxygen atoms in total. The van der Waals surface area contributed by atoms with Crippen LogP contribution in [0.15, 0.2) is 35.4 Å². The van der Waals surface area contributed by atoms with Gasteiger partial charge in [0.1, 0.15) is 22.5 Å². The maximum Gasteiger partial charge on any atom is 0.395 e. The molecule has 2 unspecified atom stereocenters. The number of hydrogen-bond donors (Lipinski definition) is 2. The van der Waals surface area contributed by atoms with Crippen molar-refractivity contribution in [2.24, 2.45) is 17.3 Å². The number of nitrogens with zero attached hydrogens (tertiary/aromatic N) is 5. The largest absolute Gasteiger partial charge is 0.395 e. The number of urea groups is 1. The lowest BCUT2D eigenvalue weighted by Crippen LogP contribution is -2.45. The van der Waals surface area contributed by atoms with Crippen molar-refractivity contribution in [3.63, 3.8) is 0 Å². The summed E-state index contributed by atoms with van der Waals surface area (Å²) in [7, 11) is 0. The Morgan fingerprint density at radius 2 is 1.86 bits per heavy atom. The molecule has 2 N–H and O–H groups in total. The fourth-order valence-corrected chi connectivity index (χ4v) is 6.52. The third-order valence-corrected chi connectivity index (χ3v) is 9.40. The molecule has 2 atom stereocenters. The molecule has 4 bridgehead atoms. The number of fused-ring (bicyclic) bond motifs is 6. The van der Waals surface area contributed by atoms with Gasteiger partial charge in [0.15, 0.2) is 0 Å². The van der Waals surface area contributed by atoms with E-state index < -0.39 is 24.2 Å². The van der Waals surface area contributed by atoms with E-state index in [1.165, 1.54) is 9.80 Å². The summed E-state index contributed by atoms with van der Waals surface area (Å²) in [6, 6.07) is 8.33. The normalized spacial score (nSPS) is 23.2. The summed E-state index contributed by atoms with van der Waals surface area (Å²) in [5.74, 6) is 1.90. The molecular formula is C29H38F3N7O2S. The average Bonchev–Trinajstić information content (AvgIpc) is 3.44. The fraction of sp³-hybridized carbons (Fsp3) is 0.586. The SMILES string of the molecule is CC1CCNc2cccc(n2)SNC(=O)c2ccc(N3CCN(CC(C)(C)C(F)(F)F)C3=O)nc2N2CC1CC2(C)C. The van der Waals surface area contributed by atoms with E-state index in [0.717, 1.165) is 51.0 Å². The van der Waals surface area contributed by atoms with E-state index in [0.29, 0.717) is 40.6 Å². The van der Waals surface area contributed by atoms with E-state index in [1.54, 1.807) is 12.1 Å². The van der Waals surface area contributed by atoms with Crippen molar-refractivity contribution >= 4 is 41.3 Å². The van der Waals surface area contributed by atoms with Crippen LogP contribution in [-0.2, 0) is 0 Å². The van der Waals surface area contributed by atoms with Crippen LogP contribution in [-0.4, -0.2) is 71.2 Å². The van der Waals surface area contributed by atoms with E-state index in [2.05, 4.69) is 40.7 Å². The minimum absolute atomic E-state index is 0.156. The minimum atomic E-state index is -4.44. The Balaban J connectivity index is 1.48. The second kappa shape index (κ2) is 11.1. The second-order valence-electron chi connectivity index (χ2n) is 12.8. The Labute approximate surface area is 248 Å². The summed E-state index contributed by atoms with van der Waals surface area (Å²) in [6.07, 6.45) is -2.61. The minimum Gasteiger partial charge on any atom is -0.370 e. The third-order valence-electron chi connectivity index (χ3n) is 8.68. The molecule has 2 aromatic heterocycles. The standard InChI is InChI=1S/C29H38F3N7O2S/c1-18-11-12-33-21-7-6-8-23(34-21)42-36-25(40)20-9-10-22(35-24(20)39-16-19(18)15-28(39,4)5)38-14-13-37(26(38)41)17-27(2,3)29(30,31)32/h6-10,18-19H,11-17H2,1-5H3,(H,33,34)(H,36,40). The molecule has 0 aliphatic carbocycles. The number of aromatic nitrogens is 2. The highest BCUT2D eigenvalue weighted by atomic mass is 32.2. The smallest absolute Gasteiger partial charge is 0.370 e. The first-order valence-corrected chi connectivity index (χ1v) is 15.1. The number of alkyl halides is 3. The van der Waals surface area contributed by atoms with Crippen LogP contribution in [0.1, 0.15) is 57.8 Å². The number of rotatable bonds is 3. The van der Waals surface area contributed by atoms with Crippen molar-refractivity contribution in [2.75, 3.05) is 47.8 Å². The maximum atomic E-state index is 13.6. The van der Waals surface area contributed by atoms with Crippen LogP contribution in [0.25, 0.3) is 0 Å². The molecule has 3 aliphatic heterocycles.